The Hall–Kier alpha value is -2.83. The molecule has 0 aromatic carbocycles. The van der Waals surface area contributed by atoms with Crippen LogP contribution < -0.4 is 10.7 Å². The van der Waals surface area contributed by atoms with Crippen LogP contribution in [0.15, 0.2) is 4.79 Å². The van der Waals surface area contributed by atoms with E-state index in [1.165, 1.54) is 41.5 Å². The van der Waals surface area contributed by atoms with Crippen LogP contribution in [0.2, 0.25) is 0 Å². The van der Waals surface area contributed by atoms with Gasteiger partial charge in [-0.2, -0.15) is 4.68 Å². The topological polar surface area (TPSA) is 131 Å². The fraction of sp³-hybridized carbons (Fsp3) is 0.615. The van der Waals surface area contributed by atoms with Crippen LogP contribution in [0.5, 0.6) is 5.88 Å². The monoisotopic (exact) mass is 326 g/mol. The molecule has 0 radical (unpaired) electrons. The van der Waals surface area contributed by atoms with E-state index >= 15 is 0 Å². The summed E-state index contributed by atoms with van der Waals surface area (Å²) in [6.45, 7) is 9.20. The van der Waals surface area contributed by atoms with Crippen LogP contribution in [0.3, 0.4) is 0 Å². The first-order chi connectivity index (χ1) is 10.3. The molecule has 0 N–H and O–H groups in total. The number of ether oxygens (including phenoxy) is 2. The molecule has 1 rings (SSSR count). The second kappa shape index (κ2) is 5.75. The largest absolute Gasteiger partial charge is 0.853 e. The maximum atomic E-state index is 12.1. The SMILES string of the molecule is CC(C)(C)OC(=O)n1c([O-])c([N+]#N)c(=O)n1C(=O)OC(C)(C)C. The van der Waals surface area contributed by atoms with E-state index < -0.39 is 40.5 Å². The lowest BCUT2D eigenvalue weighted by atomic mass is 10.2. The van der Waals surface area contributed by atoms with E-state index in [1.807, 2.05) is 0 Å². The third-order valence-corrected chi connectivity index (χ3v) is 2.22. The molecular formula is C13H18N4O6. The Bertz CT molecular complexity index is 739. The van der Waals surface area contributed by atoms with Gasteiger partial charge in [-0.3, -0.25) is 4.79 Å². The van der Waals surface area contributed by atoms with Gasteiger partial charge in [0.25, 0.3) is 0 Å². The molecule has 0 spiro atoms. The van der Waals surface area contributed by atoms with Crippen molar-refractivity contribution in [2.24, 2.45) is 0 Å². The molecule has 1 heterocycles. The van der Waals surface area contributed by atoms with E-state index in [0.717, 1.165) is 0 Å². The lowest BCUT2D eigenvalue weighted by molar-refractivity contribution is -0.277. The number of hydrogen-bond acceptors (Lipinski definition) is 7. The summed E-state index contributed by atoms with van der Waals surface area (Å²) < 4.78 is 10.2. The molecule has 0 amide bonds. The van der Waals surface area contributed by atoms with Gasteiger partial charge in [-0.1, -0.05) is 0 Å². The highest BCUT2D eigenvalue weighted by Gasteiger charge is 2.34. The molecular weight excluding hydrogens is 308 g/mol. The summed E-state index contributed by atoms with van der Waals surface area (Å²) in [6, 6.07) is 0. The molecule has 10 nitrogen and oxygen atoms in total. The quantitative estimate of drug-likeness (QED) is 0.664. The molecule has 0 unspecified atom stereocenters. The molecule has 0 saturated carbocycles. The number of nitrogens with zero attached hydrogens (tertiary/aromatic N) is 4. The normalized spacial score (nSPS) is 11.7. The van der Waals surface area contributed by atoms with E-state index in [9.17, 15) is 19.5 Å². The summed E-state index contributed by atoms with van der Waals surface area (Å²) in [5.74, 6) is -1.29. The van der Waals surface area contributed by atoms with Gasteiger partial charge < -0.3 is 14.6 Å². The van der Waals surface area contributed by atoms with Crippen LogP contribution >= 0.6 is 0 Å². The van der Waals surface area contributed by atoms with Crippen molar-refractivity contribution in [3.63, 3.8) is 0 Å². The number of carbonyl (C=O) groups excluding carboxylic acids is 2. The fourth-order valence-corrected chi connectivity index (χ4v) is 1.50. The molecule has 0 aliphatic rings. The summed E-state index contributed by atoms with van der Waals surface area (Å²) in [7, 11) is 0. The zero-order valence-electron chi connectivity index (χ0n) is 13.7. The average Bonchev–Trinajstić information content (AvgIpc) is 2.56. The summed E-state index contributed by atoms with van der Waals surface area (Å²) in [6.07, 6.45) is -2.55. The van der Waals surface area contributed by atoms with E-state index in [0.29, 0.717) is 0 Å². The van der Waals surface area contributed by atoms with Gasteiger partial charge in [-0.05, 0) is 41.5 Å². The molecule has 0 atom stereocenters. The maximum Gasteiger partial charge on any atom is 0.462 e. The molecule has 126 valence electrons. The molecule has 0 aliphatic carbocycles. The molecule has 0 fully saturated rings. The number of aromatic nitrogens is 2. The summed E-state index contributed by atoms with van der Waals surface area (Å²) >= 11 is 0. The first kappa shape index (κ1) is 18.2. The van der Waals surface area contributed by atoms with E-state index in [2.05, 4.69) is 4.98 Å². The van der Waals surface area contributed by atoms with Crippen molar-refractivity contribution in [1.29, 1.82) is 5.39 Å². The lowest BCUT2D eigenvalue weighted by Gasteiger charge is -2.23. The Balaban J connectivity index is 3.52. The van der Waals surface area contributed by atoms with Crippen molar-refractivity contribution in [3.8, 4) is 5.88 Å². The Labute approximate surface area is 131 Å². The zero-order chi connectivity index (χ0) is 18.2. The summed E-state index contributed by atoms with van der Waals surface area (Å²) in [5, 5.41) is 20.8. The van der Waals surface area contributed by atoms with Gasteiger partial charge in [0.1, 0.15) is 11.2 Å². The first-order valence-corrected chi connectivity index (χ1v) is 6.65. The predicted octanol–water partition coefficient (Wildman–Crippen LogP) is 1.77. The maximum absolute atomic E-state index is 12.1. The molecule has 1 aromatic rings. The molecule has 23 heavy (non-hydrogen) atoms. The van der Waals surface area contributed by atoms with Gasteiger partial charge in [0.05, 0.1) is 5.88 Å². The Morgan fingerprint density at radius 1 is 1.00 bits per heavy atom. The third-order valence-electron chi connectivity index (χ3n) is 2.22. The second-order valence-electron chi connectivity index (χ2n) is 6.64. The minimum absolute atomic E-state index is 0.136. The smallest absolute Gasteiger partial charge is 0.462 e. The summed E-state index contributed by atoms with van der Waals surface area (Å²) in [4.78, 5) is 38.8. The van der Waals surface area contributed by atoms with Gasteiger partial charge in [0, 0.05) is 0 Å². The van der Waals surface area contributed by atoms with Crippen molar-refractivity contribution in [2.75, 3.05) is 0 Å². The van der Waals surface area contributed by atoms with Crippen molar-refractivity contribution >= 4 is 17.9 Å². The Morgan fingerprint density at radius 2 is 1.39 bits per heavy atom. The van der Waals surface area contributed by atoms with Crippen LogP contribution in [0, 0.1) is 5.39 Å². The van der Waals surface area contributed by atoms with Crippen molar-refractivity contribution in [1.82, 2.24) is 9.36 Å². The zero-order valence-corrected chi connectivity index (χ0v) is 13.7. The first-order valence-electron chi connectivity index (χ1n) is 6.65. The molecule has 10 heteroatoms. The van der Waals surface area contributed by atoms with Crippen LogP contribution in [0.4, 0.5) is 15.3 Å². The molecule has 0 saturated heterocycles. The van der Waals surface area contributed by atoms with Crippen LogP contribution in [-0.2, 0) is 9.47 Å². The van der Waals surface area contributed by atoms with E-state index in [4.69, 9.17) is 14.9 Å². The third kappa shape index (κ3) is 4.09. The minimum atomic E-state index is -1.29. The highest BCUT2D eigenvalue weighted by Crippen LogP contribution is 2.22. The van der Waals surface area contributed by atoms with Gasteiger partial charge in [0.15, 0.2) is 4.98 Å². The van der Waals surface area contributed by atoms with E-state index in [1.54, 1.807) is 0 Å². The highest BCUT2D eigenvalue weighted by atomic mass is 16.6. The second-order valence-corrected chi connectivity index (χ2v) is 6.64. The minimum Gasteiger partial charge on any atom is -0.853 e. The Kier molecular flexibility index (Phi) is 4.56. The van der Waals surface area contributed by atoms with Gasteiger partial charge in [0.2, 0.25) is 5.39 Å². The number of diazo groups is 1. The van der Waals surface area contributed by atoms with Gasteiger partial charge in [-0.25, -0.2) is 9.59 Å². The van der Waals surface area contributed by atoms with Gasteiger partial charge >= 0.3 is 23.4 Å². The van der Waals surface area contributed by atoms with Crippen molar-refractivity contribution < 1.29 is 24.2 Å². The molecule has 0 bridgehead atoms. The lowest BCUT2D eigenvalue weighted by Crippen LogP contribution is -2.39. The standard InChI is InChI=1S/C13H18N4O6/c1-12(2,3)22-10(20)16-8(18)7(15-14)9(19)17(16)11(21)23-13(4,5)6/h1-6H3. The average molecular weight is 326 g/mol. The predicted molar refractivity (Wildman–Crippen MR) is 76.1 cm³/mol. The van der Waals surface area contributed by atoms with Crippen LogP contribution in [0.25, 0.3) is 4.98 Å². The number of hydrogen-bond donors (Lipinski definition) is 0. The van der Waals surface area contributed by atoms with Gasteiger partial charge in [-0.15, -0.1) is 4.68 Å². The number of carbonyl (C=O) groups is 2. The molecule has 0 aliphatic heterocycles. The Morgan fingerprint density at radius 3 is 1.74 bits per heavy atom. The van der Waals surface area contributed by atoms with E-state index in [-0.39, 0.29) is 9.36 Å². The van der Waals surface area contributed by atoms with Crippen LogP contribution in [0.1, 0.15) is 41.5 Å². The van der Waals surface area contributed by atoms with Crippen LogP contribution in [-0.4, -0.2) is 32.8 Å². The van der Waals surface area contributed by atoms with Crippen molar-refractivity contribution in [3.05, 3.63) is 15.3 Å². The van der Waals surface area contributed by atoms with Crippen molar-refractivity contribution in [2.45, 2.75) is 52.7 Å². The fourth-order valence-electron chi connectivity index (χ4n) is 1.50. The highest BCUT2D eigenvalue weighted by molar-refractivity contribution is 5.81. The number of rotatable bonds is 0. The summed E-state index contributed by atoms with van der Waals surface area (Å²) in [5.41, 5.74) is -4.27. The molecule has 1 aromatic heterocycles.